The summed E-state index contributed by atoms with van der Waals surface area (Å²) in [6.07, 6.45) is 0.333. The molecule has 2 nitrogen and oxygen atoms in total. The van der Waals surface area contributed by atoms with Gasteiger partial charge in [-0.2, -0.15) is 0 Å². The van der Waals surface area contributed by atoms with Crippen LogP contribution in [0.4, 0.5) is 0 Å². The lowest BCUT2D eigenvalue weighted by atomic mass is 10.2. The first kappa shape index (κ1) is 9.92. The first-order valence-corrected chi connectivity index (χ1v) is 3.77. The van der Waals surface area contributed by atoms with E-state index in [1.54, 1.807) is 7.11 Å². The predicted octanol–water partition coefficient (Wildman–Crippen LogP) is 1.69. The normalized spacial score (nSPS) is 14.1. The zero-order chi connectivity index (χ0) is 7.98. The van der Waals surface area contributed by atoms with Crippen molar-refractivity contribution in [2.45, 2.75) is 26.9 Å². The lowest BCUT2D eigenvalue weighted by Crippen LogP contribution is -2.14. The molecule has 1 atom stereocenters. The fourth-order valence-corrected chi connectivity index (χ4v) is 0.689. The minimum absolute atomic E-state index is 0.333. The third-order valence-electron chi connectivity index (χ3n) is 1.17. The molecule has 0 saturated carbocycles. The average molecular weight is 146 g/mol. The van der Waals surface area contributed by atoms with E-state index in [4.69, 9.17) is 9.47 Å². The lowest BCUT2D eigenvalue weighted by molar-refractivity contribution is 0.0306. The SMILES string of the molecule is COC[C@H](C)COC(C)C. The molecule has 0 aromatic carbocycles. The molecule has 0 radical (unpaired) electrons. The van der Waals surface area contributed by atoms with Gasteiger partial charge in [-0.3, -0.25) is 0 Å². The van der Waals surface area contributed by atoms with E-state index in [0.717, 1.165) is 13.2 Å². The van der Waals surface area contributed by atoms with Crippen molar-refractivity contribution in [3.05, 3.63) is 0 Å². The first-order valence-electron chi connectivity index (χ1n) is 3.77. The van der Waals surface area contributed by atoms with Gasteiger partial charge < -0.3 is 9.47 Å². The van der Waals surface area contributed by atoms with Gasteiger partial charge in [0.1, 0.15) is 0 Å². The van der Waals surface area contributed by atoms with Gasteiger partial charge in [-0.1, -0.05) is 6.92 Å². The summed E-state index contributed by atoms with van der Waals surface area (Å²) in [5.41, 5.74) is 0. The van der Waals surface area contributed by atoms with Crippen LogP contribution in [0, 0.1) is 5.92 Å². The molecule has 0 saturated heterocycles. The fraction of sp³-hybridized carbons (Fsp3) is 1.00. The van der Waals surface area contributed by atoms with Crippen LogP contribution in [-0.2, 0) is 9.47 Å². The van der Waals surface area contributed by atoms with Crippen LogP contribution in [0.1, 0.15) is 20.8 Å². The molecule has 10 heavy (non-hydrogen) atoms. The van der Waals surface area contributed by atoms with Gasteiger partial charge in [0, 0.05) is 13.0 Å². The molecular formula is C8H18O2. The Balaban J connectivity index is 3.12. The minimum atomic E-state index is 0.333. The van der Waals surface area contributed by atoms with Gasteiger partial charge in [-0.25, -0.2) is 0 Å². The minimum Gasteiger partial charge on any atom is -0.384 e. The van der Waals surface area contributed by atoms with Gasteiger partial charge in [0.15, 0.2) is 0 Å². The molecule has 0 spiro atoms. The quantitative estimate of drug-likeness (QED) is 0.587. The van der Waals surface area contributed by atoms with Gasteiger partial charge in [-0.05, 0) is 13.8 Å². The molecule has 0 amide bonds. The molecule has 0 aliphatic carbocycles. The Morgan fingerprint density at radius 2 is 1.70 bits per heavy atom. The van der Waals surface area contributed by atoms with Crippen LogP contribution in [-0.4, -0.2) is 26.4 Å². The van der Waals surface area contributed by atoms with Crippen molar-refractivity contribution in [3.8, 4) is 0 Å². The van der Waals surface area contributed by atoms with Crippen molar-refractivity contribution in [2.75, 3.05) is 20.3 Å². The molecule has 0 heterocycles. The van der Waals surface area contributed by atoms with Crippen LogP contribution in [0.25, 0.3) is 0 Å². The summed E-state index contributed by atoms with van der Waals surface area (Å²) >= 11 is 0. The molecule has 0 aromatic rings. The topological polar surface area (TPSA) is 18.5 Å². The molecule has 0 unspecified atom stereocenters. The van der Waals surface area contributed by atoms with Crippen molar-refractivity contribution in [1.82, 2.24) is 0 Å². The summed E-state index contributed by atoms with van der Waals surface area (Å²) in [5, 5.41) is 0. The van der Waals surface area contributed by atoms with E-state index >= 15 is 0 Å². The Kier molecular flexibility index (Phi) is 5.64. The highest BCUT2D eigenvalue weighted by Crippen LogP contribution is 1.98. The predicted molar refractivity (Wildman–Crippen MR) is 42.1 cm³/mol. The maximum atomic E-state index is 5.38. The third kappa shape index (κ3) is 6.05. The zero-order valence-electron chi connectivity index (χ0n) is 7.39. The summed E-state index contributed by atoms with van der Waals surface area (Å²) in [7, 11) is 1.71. The molecule has 62 valence electrons. The number of ether oxygens (including phenoxy) is 2. The van der Waals surface area contributed by atoms with Crippen molar-refractivity contribution < 1.29 is 9.47 Å². The van der Waals surface area contributed by atoms with Crippen molar-refractivity contribution in [2.24, 2.45) is 5.92 Å². The van der Waals surface area contributed by atoms with Gasteiger partial charge in [0.25, 0.3) is 0 Å². The molecule has 2 heteroatoms. The summed E-state index contributed by atoms with van der Waals surface area (Å²) in [6.45, 7) is 7.78. The van der Waals surface area contributed by atoms with Crippen LogP contribution in [0.15, 0.2) is 0 Å². The Hall–Kier alpha value is -0.0800. The van der Waals surface area contributed by atoms with E-state index in [1.165, 1.54) is 0 Å². The number of rotatable bonds is 5. The lowest BCUT2D eigenvalue weighted by Gasteiger charge is -2.12. The molecular weight excluding hydrogens is 128 g/mol. The highest BCUT2D eigenvalue weighted by Gasteiger charge is 2.01. The van der Waals surface area contributed by atoms with Gasteiger partial charge in [0.2, 0.25) is 0 Å². The summed E-state index contributed by atoms with van der Waals surface area (Å²) in [4.78, 5) is 0. The Labute approximate surface area is 63.5 Å². The smallest absolute Gasteiger partial charge is 0.0519 e. The molecule has 0 aliphatic rings. The highest BCUT2D eigenvalue weighted by atomic mass is 16.5. The molecule has 0 aromatic heterocycles. The summed E-state index contributed by atoms with van der Waals surface area (Å²) in [6, 6.07) is 0. The maximum absolute atomic E-state index is 5.38. The van der Waals surface area contributed by atoms with E-state index in [9.17, 15) is 0 Å². The maximum Gasteiger partial charge on any atom is 0.0519 e. The van der Waals surface area contributed by atoms with Crippen LogP contribution in [0.5, 0.6) is 0 Å². The second-order valence-electron chi connectivity index (χ2n) is 2.94. The standard InChI is InChI=1S/C8H18O2/c1-7(2)10-6-8(3)5-9-4/h7-8H,5-6H2,1-4H3/t8-/m0/s1. The summed E-state index contributed by atoms with van der Waals surface area (Å²) < 4.78 is 10.3. The number of methoxy groups -OCH3 is 1. The Morgan fingerprint density at radius 3 is 2.10 bits per heavy atom. The van der Waals surface area contributed by atoms with Crippen LogP contribution in [0.2, 0.25) is 0 Å². The van der Waals surface area contributed by atoms with Gasteiger partial charge >= 0.3 is 0 Å². The highest BCUT2D eigenvalue weighted by molar-refractivity contribution is 4.48. The molecule has 0 rings (SSSR count). The summed E-state index contributed by atoms with van der Waals surface area (Å²) in [5.74, 6) is 0.507. The largest absolute Gasteiger partial charge is 0.384 e. The van der Waals surface area contributed by atoms with Crippen molar-refractivity contribution in [1.29, 1.82) is 0 Å². The van der Waals surface area contributed by atoms with E-state index in [2.05, 4.69) is 6.92 Å². The Bertz CT molecular complexity index is 71.7. The van der Waals surface area contributed by atoms with E-state index in [-0.39, 0.29) is 0 Å². The van der Waals surface area contributed by atoms with Crippen LogP contribution in [0.3, 0.4) is 0 Å². The first-order chi connectivity index (χ1) is 4.66. The fourth-order valence-electron chi connectivity index (χ4n) is 0.689. The van der Waals surface area contributed by atoms with Gasteiger partial charge in [0.05, 0.1) is 19.3 Å². The molecule has 0 aliphatic heterocycles. The monoisotopic (exact) mass is 146 g/mol. The van der Waals surface area contributed by atoms with Crippen molar-refractivity contribution >= 4 is 0 Å². The number of hydrogen-bond acceptors (Lipinski definition) is 2. The third-order valence-corrected chi connectivity index (χ3v) is 1.17. The second kappa shape index (κ2) is 5.69. The molecule has 0 N–H and O–H groups in total. The number of hydrogen-bond donors (Lipinski definition) is 0. The molecule has 0 bridgehead atoms. The zero-order valence-corrected chi connectivity index (χ0v) is 7.39. The second-order valence-corrected chi connectivity index (χ2v) is 2.94. The van der Waals surface area contributed by atoms with E-state index in [0.29, 0.717) is 12.0 Å². The molecule has 0 fully saturated rings. The van der Waals surface area contributed by atoms with E-state index < -0.39 is 0 Å². The van der Waals surface area contributed by atoms with Crippen LogP contribution >= 0.6 is 0 Å². The van der Waals surface area contributed by atoms with E-state index in [1.807, 2.05) is 13.8 Å². The van der Waals surface area contributed by atoms with Gasteiger partial charge in [-0.15, -0.1) is 0 Å². The van der Waals surface area contributed by atoms with Crippen LogP contribution < -0.4 is 0 Å². The van der Waals surface area contributed by atoms with Crippen molar-refractivity contribution in [3.63, 3.8) is 0 Å². The average Bonchev–Trinajstić information content (AvgIpc) is 1.85. The Morgan fingerprint density at radius 1 is 1.10 bits per heavy atom.